The Hall–Kier alpha value is -3.32. The Kier molecular flexibility index (Phi) is 6.93. The molecular weight excluding hydrogens is 478 g/mol. The highest BCUT2D eigenvalue weighted by molar-refractivity contribution is 7.72. The Morgan fingerprint density at radius 3 is 2.59 bits per heavy atom. The van der Waals surface area contributed by atoms with E-state index in [1.54, 1.807) is 28.8 Å². The maximum absolute atomic E-state index is 12.5. The third-order valence-corrected chi connectivity index (χ3v) is 6.17. The molecule has 1 aromatic heterocycles. The molecule has 1 aliphatic rings. The summed E-state index contributed by atoms with van der Waals surface area (Å²) in [6, 6.07) is 11.9. The van der Waals surface area contributed by atoms with Crippen LogP contribution in [0.15, 0.2) is 42.5 Å². The Morgan fingerprint density at radius 2 is 1.88 bits per heavy atom. The highest BCUT2D eigenvalue weighted by Gasteiger charge is 2.28. The number of fused-ring (bicyclic) bond motifs is 1. The van der Waals surface area contributed by atoms with Crippen molar-refractivity contribution >= 4 is 47.7 Å². The number of hydrogen-bond acceptors (Lipinski definition) is 7. The first kappa shape index (κ1) is 23.8. The number of aromatic nitrogens is 3. The normalized spacial score (nSPS) is 15.7. The molecule has 0 saturated carbocycles. The van der Waals surface area contributed by atoms with Gasteiger partial charge in [-0.1, -0.05) is 12.1 Å². The molecular formula is C22H23N5O5S2. The van der Waals surface area contributed by atoms with Crippen molar-refractivity contribution in [2.45, 2.75) is 25.0 Å². The zero-order valence-electron chi connectivity index (χ0n) is 17.9. The second-order valence-electron chi connectivity index (χ2n) is 7.92. The van der Waals surface area contributed by atoms with Gasteiger partial charge in [-0.3, -0.25) is 19.6 Å². The predicted molar refractivity (Wildman–Crippen MR) is 130 cm³/mol. The van der Waals surface area contributed by atoms with E-state index < -0.39 is 18.2 Å². The van der Waals surface area contributed by atoms with Gasteiger partial charge in [-0.2, -0.15) is 0 Å². The lowest BCUT2D eigenvalue weighted by atomic mass is 10.0. The molecule has 0 saturated heterocycles. The number of nitrogens with zero attached hydrogens (tertiary/aromatic N) is 2. The first-order chi connectivity index (χ1) is 16.2. The first-order valence-corrected chi connectivity index (χ1v) is 11.3. The van der Waals surface area contributed by atoms with E-state index in [0.717, 1.165) is 11.4 Å². The maximum Gasteiger partial charge on any atom is 0.337 e. The number of nitrogens with one attached hydrogen (secondary N) is 3. The molecule has 0 fully saturated rings. The fourth-order valence-corrected chi connectivity index (χ4v) is 4.53. The lowest BCUT2D eigenvalue weighted by Crippen LogP contribution is -2.24. The minimum absolute atomic E-state index is 0.153. The molecule has 2 unspecified atom stereocenters. The zero-order valence-corrected chi connectivity index (χ0v) is 19.5. The fraction of sp³-hybridized carbons (Fsp3) is 0.273. The molecule has 12 heteroatoms. The van der Waals surface area contributed by atoms with Crippen molar-refractivity contribution in [3.05, 3.63) is 63.1 Å². The van der Waals surface area contributed by atoms with E-state index in [2.05, 4.69) is 15.5 Å². The molecule has 0 aliphatic carbocycles. The van der Waals surface area contributed by atoms with Crippen LogP contribution in [0.3, 0.4) is 0 Å². The number of carbonyl (C=O) groups excluding carboxylic acids is 1. The number of benzene rings is 2. The number of aliphatic hydroxyl groups excluding tert-OH is 2. The number of aliphatic hydroxyl groups is 2. The van der Waals surface area contributed by atoms with E-state index in [0.29, 0.717) is 40.3 Å². The van der Waals surface area contributed by atoms with E-state index >= 15 is 0 Å². The SMILES string of the molecule is O=C(CCCN1CC(O)c2cc(C(O)C(=O)O)ccc21)Nc1cccc(-n2c(=S)[nH][nH]c2=S)c1. The number of anilines is 2. The van der Waals surface area contributed by atoms with Crippen LogP contribution in [-0.4, -0.2) is 55.1 Å². The van der Waals surface area contributed by atoms with Crippen LogP contribution in [-0.2, 0) is 9.59 Å². The van der Waals surface area contributed by atoms with Gasteiger partial charge in [-0.05, 0) is 66.8 Å². The van der Waals surface area contributed by atoms with Crippen LogP contribution in [0.4, 0.5) is 11.4 Å². The van der Waals surface area contributed by atoms with Crippen molar-refractivity contribution in [3.8, 4) is 5.69 Å². The molecule has 178 valence electrons. The summed E-state index contributed by atoms with van der Waals surface area (Å²) in [4.78, 5) is 25.4. The summed E-state index contributed by atoms with van der Waals surface area (Å²) in [6.45, 7) is 0.870. The van der Waals surface area contributed by atoms with Gasteiger partial charge in [-0.25, -0.2) is 4.79 Å². The molecule has 0 radical (unpaired) electrons. The van der Waals surface area contributed by atoms with Gasteiger partial charge in [0.1, 0.15) is 0 Å². The third-order valence-electron chi connectivity index (χ3n) is 5.60. The molecule has 34 heavy (non-hydrogen) atoms. The highest BCUT2D eigenvalue weighted by Crippen LogP contribution is 2.36. The van der Waals surface area contributed by atoms with Gasteiger partial charge in [0.05, 0.1) is 11.8 Å². The van der Waals surface area contributed by atoms with Crippen molar-refractivity contribution in [3.63, 3.8) is 0 Å². The molecule has 1 aliphatic heterocycles. The molecule has 2 atom stereocenters. The summed E-state index contributed by atoms with van der Waals surface area (Å²) in [6.07, 6.45) is -1.62. The number of amides is 1. The second kappa shape index (κ2) is 9.89. The van der Waals surface area contributed by atoms with Crippen LogP contribution in [0.1, 0.15) is 36.2 Å². The lowest BCUT2D eigenvalue weighted by Gasteiger charge is -2.19. The lowest BCUT2D eigenvalue weighted by molar-refractivity contribution is -0.147. The standard InChI is InChI=1S/C22H23N5O5S2/c28-17-11-26(16-7-6-12(9-15(16)17)19(30)20(31)32)8-2-5-18(29)23-13-3-1-4-14(10-13)27-21(33)24-25-22(27)34/h1,3-4,6-7,9-10,17,19,28,30H,2,5,8,11H2,(H,23,29)(H,24,33)(H,25,34)(H,31,32). The molecule has 6 N–H and O–H groups in total. The monoisotopic (exact) mass is 501 g/mol. The minimum Gasteiger partial charge on any atom is -0.479 e. The average molecular weight is 502 g/mol. The smallest absolute Gasteiger partial charge is 0.337 e. The molecule has 2 heterocycles. The van der Waals surface area contributed by atoms with E-state index in [-0.39, 0.29) is 17.9 Å². The predicted octanol–water partition coefficient (Wildman–Crippen LogP) is 2.98. The third kappa shape index (κ3) is 4.94. The summed E-state index contributed by atoms with van der Waals surface area (Å²) in [5.74, 6) is -1.50. The Bertz CT molecular complexity index is 1320. The highest BCUT2D eigenvalue weighted by atomic mass is 32.1. The summed E-state index contributed by atoms with van der Waals surface area (Å²) in [7, 11) is 0. The summed E-state index contributed by atoms with van der Waals surface area (Å²) in [5, 5.41) is 37.5. The quantitative estimate of drug-likeness (QED) is 0.258. The van der Waals surface area contributed by atoms with Gasteiger partial charge in [0.25, 0.3) is 0 Å². The molecule has 2 aromatic carbocycles. The summed E-state index contributed by atoms with van der Waals surface area (Å²) >= 11 is 10.4. The van der Waals surface area contributed by atoms with Gasteiger partial charge in [0.2, 0.25) is 5.91 Å². The van der Waals surface area contributed by atoms with E-state index in [4.69, 9.17) is 29.5 Å². The number of carbonyl (C=O) groups is 2. The number of hydrogen-bond donors (Lipinski definition) is 6. The Balaban J connectivity index is 1.35. The van der Waals surface area contributed by atoms with Gasteiger partial charge < -0.3 is 25.5 Å². The Morgan fingerprint density at radius 1 is 1.15 bits per heavy atom. The largest absolute Gasteiger partial charge is 0.479 e. The van der Waals surface area contributed by atoms with E-state index in [9.17, 15) is 19.8 Å². The van der Waals surface area contributed by atoms with Crippen molar-refractivity contribution in [2.24, 2.45) is 0 Å². The Labute approximate surface area is 204 Å². The minimum atomic E-state index is -1.64. The van der Waals surface area contributed by atoms with Crippen LogP contribution in [0, 0.1) is 9.54 Å². The van der Waals surface area contributed by atoms with Crippen LogP contribution >= 0.6 is 24.4 Å². The molecule has 1 amide bonds. The average Bonchev–Trinajstić information content (AvgIpc) is 3.31. The molecule has 3 aromatic rings. The van der Waals surface area contributed by atoms with Gasteiger partial charge in [0.15, 0.2) is 15.6 Å². The van der Waals surface area contributed by atoms with Crippen molar-refractivity contribution in [1.82, 2.24) is 14.8 Å². The van der Waals surface area contributed by atoms with Gasteiger partial charge in [0, 0.05) is 36.4 Å². The van der Waals surface area contributed by atoms with Gasteiger partial charge >= 0.3 is 5.97 Å². The maximum atomic E-state index is 12.5. The number of aromatic amines is 2. The first-order valence-electron chi connectivity index (χ1n) is 10.5. The van der Waals surface area contributed by atoms with Crippen molar-refractivity contribution in [1.29, 1.82) is 0 Å². The van der Waals surface area contributed by atoms with Crippen LogP contribution in [0.2, 0.25) is 0 Å². The van der Waals surface area contributed by atoms with E-state index in [1.807, 2.05) is 11.0 Å². The second-order valence-corrected chi connectivity index (χ2v) is 8.69. The number of carboxylic acids is 1. The van der Waals surface area contributed by atoms with Gasteiger partial charge in [-0.15, -0.1) is 0 Å². The van der Waals surface area contributed by atoms with Crippen LogP contribution in [0.25, 0.3) is 5.69 Å². The summed E-state index contributed by atoms with van der Waals surface area (Å²) < 4.78 is 2.49. The van der Waals surface area contributed by atoms with Crippen molar-refractivity contribution in [2.75, 3.05) is 23.3 Å². The summed E-state index contributed by atoms with van der Waals surface area (Å²) in [5.41, 5.74) is 2.89. The van der Waals surface area contributed by atoms with E-state index in [1.165, 1.54) is 12.1 Å². The molecule has 0 bridgehead atoms. The number of aliphatic carboxylic acids is 1. The number of carboxylic acid groups (broad SMARTS) is 1. The van der Waals surface area contributed by atoms with Crippen molar-refractivity contribution < 1.29 is 24.9 Å². The fourth-order valence-electron chi connectivity index (χ4n) is 3.98. The molecule has 0 spiro atoms. The molecule has 10 nitrogen and oxygen atoms in total. The zero-order chi connectivity index (χ0) is 24.4. The van der Waals surface area contributed by atoms with Crippen LogP contribution < -0.4 is 10.2 Å². The number of H-pyrrole nitrogens is 2. The van der Waals surface area contributed by atoms with Crippen LogP contribution in [0.5, 0.6) is 0 Å². The number of rotatable bonds is 8. The topological polar surface area (TPSA) is 147 Å². The number of β-amino-alcohol motifs (C(OH)–C–C–N with tert-alkyl or cyclic N) is 1. The molecule has 4 rings (SSSR count).